The highest BCUT2D eigenvalue weighted by atomic mass is 16.6. The Labute approximate surface area is 117 Å². The van der Waals surface area contributed by atoms with Gasteiger partial charge in [-0.15, -0.1) is 0 Å². The van der Waals surface area contributed by atoms with E-state index in [1.165, 1.54) is 18.2 Å². The number of carbonyl (C=O) groups excluding carboxylic acids is 1. The number of aliphatic hydroxyl groups is 1. The molecule has 0 aromatic heterocycles. The number of non-ortho nitro benzene ring substituents is 1. The number of amides is 1. The first kappa shape index (κ1) is 14.5. The normalized spacial score (nSPS) is 18.2. The van der Waals surface area contributed by atoms with Gasteiger partial charge in [0.05, 0.1) is 4.92 Å². The first-order valence-corrected chi connectivity index (χ1v) is 6.80. The Morgan fingerprint density at radius 3 is 3.00 bits per heavy atom. The molecule has 6 nitrogen and oxygen atoms in total. The maximum Gasteiger partial charge on any atom is 0.270 e. The van der Waals surface area contributed by atoms with E-state index in [2.05, 4.69) is 0 Å². The lowest BCUT2D eigenvalue weighted by molar-refractivity contribution is -0.384. The molecule has 20 heavy (non-hydrogen) atoms. The number of hydrogen-bond acceptors (Lipinski definition) is 4. The summed E-state index contributed by atoms with van der Waals surface area (Å²) in [7, 11) is 0. The molecule has 1 amide bonds. The Morgan fingerprint density at radius 2 is 2.30 bits per heavy atom. The van der Waals surface area contributed by atoms with Crippen LogP contribution in [0.2, 0.25) is 0 Å². The molecule has 0 saturated carbocycles. The fourth-order valence-corrected chi connectivity index (χ4v) is 2.65. The van der Waals surface area contributed by atoms with Crippen LogP contribution in [0, 0.1) is 10.1 Å². The van der Waals surface area contributed by atoms with E-state index in [4.69, 9.17) is 5.11 Å². The second kappa shape index (κ2) is 6.47. The minimum atomic E-state index is -0.496. The molecule has 1 fully saturated rings. The molecule has 1 unspecified atom stereocenters. The zero-order valence-electron chi connectivity index (χ0n) is 11.2. The summed E-state index contributed by atoms with van der Waals surface area (Å²) in [6.07, 6.45) is 3.32. The van der Waals surface area contributed by atoms with Gasteiger partial charge in [-0.05, 0) is 31.7 Å². The molecule has 1 saturated heterocycles. The van der Waals surface area contributed by atoms with Crippen molar-refractivity contribution >= 4 is 11.6 Å². The van der Waals surface area contributed by atoms with Crippen LogP contribution in [0.5, 0.6) is 0 Å². The summed E-state index contributed by atoms with van der Waals surface area (Å²) >= 11 is 0. The maximum atomic E-state index is 12.4. The zero-order chi connectivity index (χ0) is 14.5. The number of rotatable bonds is 5. The van der Waals surface area contributed by atoms with Gasteiger partial charge in [-0.3, -0.25) is 14.9 Å². The third-order valence-electron chi connectivity index (χ3n) is 3.64. The fraction of sp³-hybridized carbons (Fsp3) is 0.500. The average molecular weight is 278 g/mol. The van der Waals surface area contributed by atoms with Crippen LogP contribution in [0.3, 0.4) is 0 Å². The van der Waals surface area contributed by atoms with Crippen LogP contribution in [0.25, 0.3) is 0 Å². The Balaban J connectivity index is 2.13. The number of nitro groups is 1. The first-order valence-electron chi connectivity index (χ1n) is 6.80. The summed E-state index contributed by atoms with van der Waals surface area (Å²) in [6, 6.07) is 5.98. The van der Waals surface area contributed by atoms with Crippen molar-refractivity contribution in [1.82, 2.24) is 4.90 Å². The quantitative estimate of drug-likeness (QED) is 0.659. The lowest BCUT2D eigenvalue weighted by Crippen LogP contribution is -2.35. The minimum absolute atomic E-state index is 0.0676. The van der Waals surface area contributed by atoms with Crippen molar-refractivity contribution in [2.75, 3.05) is 13.2 Å². The van der Waals surface area contributed by atoms with Crippen LogP contribution in [-0.4, -0.2) is 40.0 Å². The SMILES string of the molecule is O=C(c1cccc([N+](=O)[O-])c1)N1CCCC1CCCO. The monoisotopic (exact) mass is 278 g/mol. The highest BCUT2D eigenvalue weighted by Crippen LogP contribution is 2.24. The number of nitro benzene ring substituents is 1. The lowest BCUT2D eigenvalue weighted by Gasteiger charge is -2.24. The van der Waals surface area contributed by atoms with E-state index in [0.717, 1.165) is 19.3 Å². The van der Waals surface area contributed by atoms with Crippen LogP contribution < -0.4 is 0 Å². The molecule has 1 aromatic carbocycles. The van der Waals surface area contributed by atoms with Crippen molar-refractivity contribution in [2.24, 2.45) is 0 Å². The van der Waals surface area contributed by atoms with Crippen molar-refractivity contribution < 1.29 is 14.8 Å². The third kappa shape index (κ3) is 3.14. The van der Waals surface area contributed by atoms with E-state index >= 15 is 0 Å². The van der Waals surface area contributed by atoms with Gasteiger partial charge in [0.15, 0.2) is 0 Å². The van der Waals surface area contributed by atoms with Crippen molar-refractivity contribution in [1.29, 1.82) is 0 Å². The molecule has 1 aliphatic heterocycles. The predicted octanol–water partition coefficient (Wildman–Crippen LogP) is 1.97. The van der Waals surface area contributed by atoms with Gasteiger partial charge in [0, 0.05) is 36.9 Å². The van der Waals surface area contributed by atoms with E-state index in [-0.39, 0.29) is 24.2 Å². The number of likely N-dealkylation sites (tertiary alicyclic amines) is 1. The molecule has 0 aliphatic carbocycles. The number of nitrogens with zero attached hydrogens (tertiary/aromatic N) is 2. The first-order chi connectivity index (χ1) is 9.63. The Kier molecular flexibility index (Phi) is 4.68. The molecule has 108 valence electrons. The summed E-state index contributed by atoms with van der Waals surface area (Å²) < 4.78 is 0. The highest BCUT2D eigenvalue weighted by molar-refractivity contribution is 5.95. The van der Waals surface area contributed by atoms with Crippen LogP contribution in [-0.2, 0) is 0 Å². The summed E-state index contributed by atoms with van der Waals surface area (Å²) in [5.74, 6) is -0.158. The van der Waals surface area contributed by atoms with Gasteiger partial charge >= 0.3 is 0 Å². The lowest BCUT2D eigenvalue weighted by atomic mass is 10.1. The second-order valence-corrected chi connectivity index (χ2v) is 4.97. The van der Waals surface area contributed by atoms with Gasteiger partial charge < -0.3 is 10.0 Å². The molecular formula is C14H18N2O4. The summed E-state index contributed by atoms with van der Waals surface area (Å²) in [5.41, 5.74) is 0.289. The smallest absolute Gasteiger partial charge is 0.270 e. The molecular weight excluding hydrogens is 260 g/mol. The highest BCUT2D eigenvalue weighted by Gasteiger charge is 2.29. The van der Waals surface area contributed by atoms with Gasteiger partial charge in [-0.1, -0.05) is 6.07 Å². The molecule has 1 aromatic rings. The average Bonchev–Trinajstić information content (AvgIpc) is 2.92. The number of hydrogen-bond donors (Lipinski definition) is 1. The Bertz CT molecular complexity index is 504. The predicted molar refractivity (Wildman–Crippen MR) is 73.5 cm³/mol. The minimum Gasteiger partial charge on any atom is -0.396 e. The molecule has 1 aliphatic rings. The standard InChI is InChI=1S/C14H18N2O4/c17-9-3-7-12-6-2-8-15(12)14(18)11-4-1-5-13(10-11)16(19)20/h1,4-5,10,12,17H,2-3,6-9H2. The second-order valence-electron chi connectivity index (χ2n) is 4.97. The van der Waals surface area contributed by atoms with Gasteiger partial charge in [0.1, 0.15) is 0 Å². The summed E-state index contributed by atoms with van der Waals surface area (Å²) in [6.45, 7) is 0.799. The van der Waals surface area contributed by atoms with E-state index in [9.17, 15) is 14.9 Å². The Morgan fingerprint density at radius 1 is 1.50 bits per heavy atom. The molecule has 2 rings (SSSR count). The number of carbonyl (C=O) groups is 1. The van der Waals surface area contributed by atoms with E-state index in [1.807, 2.05) is 0 Å². The summed E-state index contributed by atoms with van der Waals surface area (Å²) in [4.78, 5) is 24.5. The largest absolute Gasteiger partial charge is 0.396 e. The molecule has 0 radical (unpaired) electrons. The van der Waals surface area contributed by atoms with Crippen molar-refractivity contribution in [3.05, 3.63) is 39.9 Å². The molecule has 0 bridgehead atoms. The fourth-order valence-electron chi connectivity index (χ4n) is 2.65. The van der Waals surface area contributed by atoms with Crippen LogP contribution >= 0.6 is 0 Å². The third-order valence-corrected chi connectivity index (χ3v) is 3.64. The zero-order valence-corrected chi connectivity index (χ0v) is 11.2. The van der Waals surface area contributed by atoms with Crippen LogP contribution in [0.15, 0.2) is 24.3 Å². The van der Waals surface area contributed by atoms with Crippen LogP contribution in [0.4, 0.5) is 5.69 Å². The molecule has 0 spiro atoms. The van der Waals surface area contributed by atoms with E-state index in [1.54, 1.807) is 11.0 Å². The number of benzene rings is 1. The van der Waals surface area contributed by atoms with Gasteiger partial charge in [-0.2, -0.15) is 0 Å². The van der Waals surface area contributed by atoms with Crippen molar-refractivity contribution in [3.63, 3.8) is 0 Å². The molecule has 1 N–H and O–H groups in total. The van der Waals surface area contributed by atoms with Gasteiger partial charge in [0.2, 0.25) is 0 Å². The van der Waals surface area contributed by atoms with Crippen molar-refractivity contribution in [3.8, 4) is 0 Å². The van der Waals surface area contributed by atoms with Crippen molar-refractivity contribution in [2.45, 2.75) is 31.7 Å². The Hall–Kier alpha value is -1.95. The molecule has 6 heteroatoms. The molecule has 1 heterocycles. The van der Waals surface area contributed by atoms with Gasteiger partial charge in [-0.25, -0.2) is 0 Å². The maximum absolute atomic E-state index is 12.4. The van der Waals surface area contributed by atoms with E-state index in [0.29, 0.717) is 18.5 Å². The molecule has 1 atom stereocenters. The van der Waals surface area contributed by atoms with E-state index < -0.39 is 4.92 Å². The van der Waals surface area contributed by atoms with Crippen LogP contribution in [0.1, 0.15) is 36.0 Å². The number of aliphatic hydroxyl groups excluding tert-OH is 1. The topological polar surface area (TPSA) is 83.7 Å². The summed E-state index contributed by atoms with van der Waals surface area (Å²) in [5, 5.41) is 19.6. The van der Waals surface area contributed by atoms with Gasteiger partial charge in [0.25, 0.3) is 11.6 Å².